The fourth-order valence-electron chi connectivity index (χ4n) is 4.39. The second kappa shape index (κ2) is 9.35. The van der Waals surface area contributed by atoms with E-state index < -0.39 is 0 Å². The molecule has 1 aromatic heterocycles. The number of nitrogens with zero attached hydrogens (tertiary/aromatic N) is 4. The van der Waals surface area contributed by atoms with Crippen LogP contribution >= 0.6 is 0 Å². The van der Waals surface area contributed by atoms with Gasteiger partial charge >= 0.3 is 0 Å². The van der Waals surface area contributed by atoms with Gasteiger partial charge in [0, 0.05) is 30.0 Å². The van der Waals surface area contributed by atoms with E-state index in [0.29, 0.717) is 29.5 Å². The van der Waals surface area contributed by atoms with Crippen molar-refractivity contribution >= 4 is 5.91 Å². The van der Waals surface area contributed by atoms with E-state index in [-0.39, 0.29) is 23.8 Å². The summed E-state index contributed by atoms with van der Waals surface area (Å²) in [5.41, 5.74) is 3.37. The Bertz CT molecular complexity index is 1110. The van der Waals surface area contributed by atoms with Crippen molar-refractivity contribution in [3.63, 3.8) is 0 Å². The molecule has 2 aromatic carbocycles. The number of amides is 1. The van der Waals surface area contributed by atoms with Gasteiger partial charge in [-0.15, -0.1) is 10.2 Å². The largest absolute Gasteiger partial charge is 0.425 e. The van der Waals surface area contributed by atoms with Gasteiger partial charge in [-0.1, -0.05) is 38.1 Å². The number of benzene rings is 2. The third kappa shape index (κ3) is 4.43. The molecule has 0 saturated heterocycles. The van der Waals surface area contributed by atoms with Crippen molar-refractivity contribution in [3.8, 4) is 17.2 Å². The first-order valence-corrected chi connectivity index (χ1v) is 11.2. The summed E-state index contributed by atoms with van der Waals surface area (Å²) >= 11 is 0. The van der Waals surface area contributed by atoms with E-state index in [1.165, 1.54) is 0 Å². The molecule has 1 aliphatic rings. The third-order valence-corrected chi connectivity index (χ3v) is 6.23. The Morgan fingerprint density at radius 3 is 2.31 bits per heavy atom. The molecule has 2 atom stereocenters. The zero-order valence-corrected chi connectivity index (χ0v) is 18.8. The average Bonchev–Trinajstić information content (AvgIpc) is 3.50. The van der Waals surface area contributed by atoms with Crippen LogP contribution < -0.4 is 0 Å². The van der Waals surface area contributed by atoms with Crippen molar-refractivity contribution in [2.75, 3.05) is 6.54 Å². The molecule has 1 amide bonds. The van der Waals surface area contributed by atoms with E-state index in [1.807, 2.05) is 62.1 Å². The molecule has 4 rings (SSSR count). The average molecular weight is 429 g/mol. The predicted molar refractivity (Wildman–Crippen MR) is 122 cm³/mol. The summed E-state index contributed by atoms with van der Waals surface area (Å²) in [6.07, 6.45) is 2.74. The molecule has 6 nitrogen and oxygen atoms in total. The van der Waals surface area contributed by atoms with Gasteiger partial charge < -0.3 is 9.32 Å². The molecule has 0 spiro atoms. The van der Waals surface area contributed by atoms with Crippen LogP contribution in [0.1, 0.15) is 79.6 Å². The van der Waals surface area contributed by atoms with Gasteiger partial charge in [-0.25, -0.2) is 0 Å². The monoisotopic (exact) mass is 428 g/mol. The molecule has 0 unspecified atom stereocenters. The highest BCUT2D eigenvalue weighted by molar-refractivity contribution is 5.95. The molecule has 3 aromatic rings. The number of carbonyl (C=O) groups is 1. The van der Waals surface area contributed by atoms with Crippen LogP contribution in [0.15, 0.2) is 52.9 Å². The molecular formula is C26H28N4O2. The van der Waals surface area contributed by atoms with Gasteiger partial charge in [-0.05, 0) is 61.6 Å². The highest BCUT2D eigenvalue weighted by atomic mass is 16.4. The minimum Gasteiger partial charge on any atom is -0.425 e. The molecule has 0 radical (unpaired) electrons. The summed E-state index contributed by atoms with van der Waals surface area (Å²) in [4.78, 5) is 15.2. The first-order chi connectivity index (χ1) is 15.5. The summed E-state index contributed by atoms with van der Waals surface area (Å²) in [6.45, 7) is 6.77. The fourth-order valence-corrected chi connectivity index (χ4v) is 4.39. The lowest BCUT2D eigenvalue weighted by molar-refractivity contribution is 0.0691. The second-order valence-corrected chi connectivity index (χ2v) is 8.65. The Kier molecular flexibility index (Phi) is 6.36. The summed E-state index contributed by atoms with van der Waals surface area (Å²) in [7, 11) is 0. The number of nitriles is 1. The van der Waals surface area contributed by atoms with Crippen LogP contribution in [0.4, 0.5) is 0 Å². The number of carbonyl (C=O) groups excluding carboxylic acids is 1. The van der Waals surface area contributed by atoms with Crippen molar-refractivity contribution in [1.29, 1.82) is 5.26 Å². The van der Waals surface area contributed by atoms with Crippen LogP contribution in [0.3, 0.4) is 0 Å². The van der Waals surface area contributed by atoms with Crippen LogP contribution in [0, 0.1) is 11.3 Å². The molecular weight excluding hydrogens is 400 g/mol. The molecule has 0 N–H and O–H groups in total. The lowest BCUT2D eigenvalue weighted by Crippen LogP contribution is -2.38. The Morgan fingerprint density at radius 2 is 1.75 bits per heavy atom. The maximum absolute atomic E-state index is 13.3. The Labute approximate surface area is 188 Å². The lowest BCUT2D eigenvalue weighted by Gasteiger charge is -2.28. The van der Waals surface area contributed by atoms with Crippen molar-refractivity contribution in [1.82, 2.24) is 15.1 Å². The highest BCUT2D eigenvalue weighted by Gasteiger charge is 2.35. The number of rotatable bonds is 6. The van der Waals surface area contributed by atoms with Crippen LogP contribution in [0.2, 0.25) is 0 Å². The molecule has 1 saturated carbocycles. The summed E-state index contributed by atoms with van der Waals surface area (Å²) in [5.74, 6) is 1.86. The van der Waals surface area contributed by atoms with Crippen molar-refractivity contribution in [2.45, 2.75) is 57.9 Å². The summed E-state index contributed by atoms with van der Waals surface area (Å²) in [5, 5.41) is 17.4. The number of hydrogen-bond donors (Lipinski definition) is 0. The van der Waals surface area contributed by atoms with Crippen molar-refractivity contribution in [3.05, 3.63) is 71.4 Å². The normalized spacial score (nSPS) is 18.0. The molecule has 164 valence electrons. The van der Waals surface area contributed by atoms with Gasteiger partial charge in [-0.3, -0.25) is 4.79 Å². The van der Waals surface area contributed by atoms with E-state index in [0.717, 1.165) is 30.4 Å². The zero-order valence-electron chi connectivity index (χ0n) is 18.8. The zero-order chi connectivity index (χ0) is 22.7. The van der Waals surface area contributed by atoms with Gasteiger partial charge in [0.05, 0.1) is 11.6 Å². The van der Waals surface area contributed by atoms with Crippen LogP contribution in [0.5, 0.6) is 0 Å². The molecule has 32 heavy (non-hydrogen) atoms. The first-order valence-electron chi connectivity index (χ1n) is 11.2. The van der Waals surface area contributed by atoms with Gasteiger partial charge in [0.25, 0.3) is 5.91 Å². The van der Waals surface area contributed by atoms with Crippen LogP contribution in [0.25, 0.3) is 11.1 Å². The van der Waals surface area contributed by atoms with Gasteiger partial charge in [0.1, 0.15) is 0 Å². The van der Waals surface area contributed by atoms with E-state index in [4.69, 9.17) is 9.68 Å². The molecule has 0 aliphatic heterocycles. The van der Waals surface area contributed by atoms with Gasteiger partial charge in [-0.2, -0.15) is 5.26 Å². The summed E-state index contributed by atoms with van der Waals surface area (Å²) in [6, 6.07) is 17.5. The Balaban J connectivity index is 1.44. The number of aromatic nitrogens is 2. The molecule has 1 fully saturated rings. The molecule has 1 aliphatic carbocycles. The van der Waals surface area contributed by atoms with Crippen molar-refractivity contribution in [2.24, 2.45) is 0 Å². The summed E-state index contributed by atoms with van der Waals surface area (Å²) < 4.78 is 5.86. The minimum absolute atomic E-state index is 0.0536. The Morgan fingerprint density at radius 1 is 1.09 bits per heavy atom. The topological polar surface area (TPSA) is 83.0 Å². The lowest BCUT2D eigenvalue weighted by atomic mass is 10.0. The van der Waals surface area contributed by atoms with E-state index in [2.05, 4.69) is 16.3 Å². The maximum Gasteiger partial charge on any atom is 0.254 e. The Hall–Kier alpha value is -3.46. The van der Waals surface area contributed by atoms with E-state index in [1.54, 1.807) is 12.1 Å². The quantitative estimate of drug-likeness (QED) is 0.515. The number of hydrogen-bond acceptors (Lipinski definition) is 5. The van der Waals surface area contributed by atoms with Gasteiger partial charge in [0.15, 0.2) is 0 Å². The SMILES string of the molecule is CCN(C(=O)c1ccc(-c2ccc(C#N)cc2)cc1)[C@@H]1CC[C@H](c2nnc(C(C)C)o2)C1. The highest BCUT2D eigenvalue weighted by Crippen LogP contribution is 2.37. The maximum atomic E-state index is 13.3. The molecule has 0 bridgehead atoms. The van der Waals surface area contributed by atoms with E-state index in [9.17, 15) is 4.79 Å². The van der Waals surface area contributed by atoms with E-state index >= 15 is 0 Å². The predicted octanol–water partition coefficient (Wildman–Crippen LogP) is 5.53. The van der Waals surface area contributed by atoms with Gasteiger partial charge in [0.2, 0.25) is 11.8 Å². The first kappa shape index (κ1) is 21.8. The van der Waals surface area contributed by atoms with Crippen LogP contribution in [-0.4, -0.2) is 33.6 Å². The second-order valence-electron chi connectivity index (χ2n) is 8.65. The fraction of sp³-hybridized carbons (Fsp3) is 0.385. The smallest absolute Gasteiger partial charge is 0.254 e. The third-order valence-electron chi connectivity index (χ3n) is 6.23. The standard InChI is InChI=1S/C26H28N4O2/c1-4-30(23-14-13-22(15-23)25-29-28-24(32-25)17(2)3)26(31)21-11-9-20(10-12-21)19-7-5-18(16-27)6-8-19/h5-12,17,22-23H,4,13-15H2,1-3H3/t22-,23+/m0/s1. The van der Waals surface area contributed by atoms with Crippen LogP contribution in [-0.2, 0) is 0 Å². The molecule has 1 heterocycles. The minimum atomic E-state index is 0.0536. The molecule has 6 heteroatoms. The van der Waals surface area contributed by atoms with Crippen molar-refractivity contribution < 1.29 is 9.21 Å².